The number of hydrogen-bond donors (Lipinski definition) is 0. The molecule has 11 heteroatoms. The van der Waals surface area contributed by atoms with Crippen LogP contribution in [0.3, 0.4) is 0 Å². The van der Waals surface area contributed by atoms with Crippen molar-refractivity contribution in [1.82, 2.24) is 9.80 Å². The van der Waals surface area contributed by atoms with Crippen molar-refractivity contribution in [1.29, 1.82) is 0 Å². The molecule has 0 radical (unpaired) electrons. The van der Waals surface area contributed by atoms with Crippen LogP contribution >= 0.6 is 12.4 Å². The summed E-state index contributed by atoms with van der Waals surface area (Å²) in [5.41, 5.74) is 0. The number of ether oxygens (including phenoxy) is 4. The minimum Gasteiger partial charge on any atom is -0.468 e. The zero-order chi connectivity index (χ0) is 19.0. The van der Waals surface area contributed by atoms with Gasteiger partial charge in [-0.1, -0.05) is 0 Å². The fraction of sp³-hybridized carbons (Fsp3) is 0.733. The number of nitrogens with zero attached hydrogens (tertiary/aromatic N) is 2. The first-order valence-electron chi connectivity index (χ1n) is 7.61. The molecule has 1 aliphatic rings. The molecule has 1 aliphatic carbocycles. The SMILES string of the molecule is COC(=O)CN(CC(=O)OC)[C@@H]1C[C@H]1N(CC(=O)OC)CC(=O)OC.Cl. The molecule has 1 rings (SSSR count). The molecule has 0 aromatic heterocycles. The molecule has 150 valence electrons. The molecule has 0 saturated heterocycles. The van der Waals surface area contributed by atoms with Crippen LogP contribution in [0.25, 0.3) is 0 Å². The summed E-state index contributed by atoms with van der Waals surface area (Å²) in [7, 11) is 5.02. The van der Waals surface area contributed by atoms with Crippen LogP contribution in [0.1, 0.15) is 6.42 Å². The highest BCUT2D eigenvalue weighted by Gasteiger charge is 2.47. The molecule has 0 aromatic carbocycles. The summed E-state index contributed by atoms with van der Waals surface area (Å²) in [4.78, 5) is 49.5. The molecule has 26 heavy (non-hydrogen) atoms. The van der Waals surface area contributed by atoms with Crippen LogP contribution in [0, 0.1) is 0 Å². The average molecular weight is 397 g/mol. The minimum atomic E-state index is -0.498. The van der Waals surface area contributed by atoms with Crippen LogP contribution in [0.5, 0.6) is 0 Å². The number of carbonyl (C=O) groups excluding carboxylic acids is 4. The molecule has 0 unspecified atom stereocenters. The zero-order valence-corrected chi connectivity index (χ0v) is 16.1. The van der Waals surface area contributed by atoms with Gasteiger partial charge in [0, 0.05) is 12.1 Å². The van der Waals surface area contributed by atoms with Crippen LogP contribution < -0.4 is 0 Å². The molecule has 10 nitrogen and oxygen atoms in total. The van der Waals surface area contributed by atoms with Gasteiger partial charge in [-0.15, -0.1) is 12.4 Å². The van der Waals surface area contributed by atoms with E-state index >= 15 is 0 Å². The molecule has 0 N–H and O–H groups in total. The molecule has 0 heterocycles. The summed E-state index contributed by atoms with van der Waals surface area (Å²) in [5, 5.41) is 0. The molecule has 0 spiro atoms. The Bertz CT molecular complexity index is 436. The standard InChI is InChI=1S/C15H24N2O8.ClH/c1-22-12(18)6-16(7-13(19)23-2)10-5-11(10)17(8-14(20)24-3)9-15(21)25-4;/h10-11H,5-9H2,1-4H3;1H/t10-,11-;/m1./s1. The number of rotatable bonds is 10. The van der Waals surface area contributed by atoms with Gasteiger partial charge in [-0.25, -0.2) is 0 Å². The summed E-state index contributed by atoms with van der Waals surface area (Å²) in [6, 6.07) is -0.403. The monoisotopic (exact) mass is 396 g/mol. The zero-order valence-electron chi connectivity index (χ0n) is 15.3. The summed E-state index contributed by atoms with van der Waals surface area (Å²) >= 11 is 0. The van der Waals surface area contributed by atoms with E-state index < -0.39 is 23.9 Å². The predicted octanol–water partition coefficient (Wildman–Crippen LogP) is -1.15. The number of hydrogen-bond acceptors (Lipinski definition) is 10. The van der Waals surface area contributed by atoms with Gasteiger partial charge in [0.05, 0.1) is 54.6 Å². The molecule has 1 saturated carbocycles. The Labute approximate surface area is 158 Å². The van der Waals surface area contributed by atoms with E-state index in [9.17, 15) is 19.2 Å². The second kappa shape index (κ2) is 11.7. The van der Waals surface area contributed by atoms with Crippen molar-refractivity contribution >= 4 is 36.3 Å². The fourth-order valence-electron chi connectivity index (χ4n) is 2.46. The Morgan fingerprint density at radius 2 is 0.885 bits per heavy atom. The van der Waals surface area contributed by atoms with E-state index in [2.05, 4.69) is 18.9 Å². The molecule has 0 aromatic rings. The Morgan fingerprint density at radius 3 is 1.08 bits per heavy atom. The van der Waals surface area contributed by atoms with Crippen molar-refractivity contribution in [3.63, 3.8) is 0 Å². The Hall–Kier alpha value is -1.91. The number of methoxy groups -OCH3 is 4. The minimum absolute atomic E-state index is 0. The maximum atomic E-state index is 11.6. The summed E-state index contributed by atoms with van der Waals surface area (Å²) in [6.45, 7) is -0.401. The maximum absolute atomic E-state index is 11.6. The molecule has 0 bridgehead atoms. The molecular weight excluding hydrogens is 372 g/mol. The van der Waals surface area contributed by atoms with Crippen molar-refractivity contribution in [2.24, 2.45) is 0 Å². The van der Waals surface area contributed by atoms with E-state index in [1.165, 1.54) is 28.4 Å². The lowest BCUT2D eigenvalue weighted by atomic mass is 10.4. The third-order valence-electron chi connectivity index (χ3n) is 3.90. The quantitative estimate of drug-likeness (QED) is 0.331. The highest BCUT2D eigenvalue weighted by atomic mass is 35.5. The normalized spacial score (nSPS) is 17.9. The van der Waals surface area contributed by atoms with Crippen LogP contribution in [0.4, 0.5) is 0 Å². The Balaban J connectivity index is 0.00000625. The number of esters is 4. The lowest BCUT2D eigenvalue weighted by Gasteiger charge is -2.24. The van der Waals surface area contributed by atoms with Crippen LogP contribution in [-0.2, 0) is 38.1 Å². The highest BCUT2D eigenvalue weighted by Crippen LogP contribution is 2.33. The summed E-state index contributed by atoms with van der Waals surface area (Å²) < 4.78 is 18.6. The van der Waals surface area contributed by atoms with Gasteiger partial charge in [-0.05, 0) is 6.42 Å². The van der Waals surface area contributed by atoms with E-state index in [1.54, 1.807) is 9.80 Å². The predicted molar refractivity (Wildman–Crippen MR) is 90.7 cm³/mol. The first kappa shape index (κ1) is 24.1. The first-order valence-corrected chi connectivity index (χ1v) is 7.61. The summed E-state index contributed by atoms with van der Waals surface area (Å²) in [6.07, 6.45) is 0.571. The van der Waals surface area contributed by atoms with Gasteiger partial charge >= 0.3 is 23.9 Å². The smallest absolute Gasteiger partial charge is 0.319 e. The van der Waals surface area contributed by atoms with Crippen molar-refractivity contribution in [3.8, 4) is 0 Å². The first-order chi connectivity index (χ1) is 11.9. The molecule has 2 atom stereocenters. The van der Waals surface area contributed by atoms with E-state index in [0.29, 0.717) is 6.42 Å². The van der Waals surface area contributed by atoms with Crippen LogP contribution in [0.15, 0.2) is 0 Å². The number of halogens is 1. The maximum Gasteiger partial charge on any atom is 0.319 e. The van der Waals surface area contributed by atoms with Gasteiger partial charge in [0.25, 0.3) is 0 Å². The van der Waals surface area contributed by atoms with Crippen LogP contribution in [0.2, 0.25) is 0 Å². The lowest BCUT2D eigenvalue weighted by Crippen LogP contribution is -2.44. The summed E-state index contributed by atoms with van der Waals surface area (Å²) in [5.74, 6) is -1.99. The highest BCUT2D eigenvalue weighted by molar-refractivity contribution is 5.85. The van der Waals surface area contributed by atoms with E-state index in [0.717, 1.165) is 0 Å². The van der Waals surface area contributed by atoms with Gasteiger partial charge in [0.1, 0.15) is 0 Å². The van der Waals surface area contributed by atoms with Gasteiger partial charge in [0.2, 0.25) is 0 Å². The van der Waals surface area contributed by atoms with Crippen LogP contribution in [-0.4, -0.2) is 100 Å². The van der Waals surface area contributed by atoms with Crippen molar-refractivity contribution < 1.29 is 38.1 Å². The lowest BCUT2D eigenvalue weighted by molar-refractivity contribution is -0.149. The largest absolute Gasteiger partial charge is 0.468 e. The van der Waals surface area contributed by atoms with E-state index in [1.807, 2.05) is 0 Å². The Kier molecular flexibility index (Phi) is 10.8. The molecule has 0 aliphatic heterocycles. The fourth-order valence-corrected chi connectivity index (χ4v) is 2.46. The Morgan fingerprint density at radius 1 is 0.654 bits per heavy atom. The third-order valence-corrected chi connectivity index (χ3v) is 3.90. The second-order valence-corrected chi connectivity index (χ2v) is 5.48. The van der Waals surface area contributed by atoms with E-state index in [-0.39, 0.29) is 50.7 Å². The molecule has 0 amide bonds. The molecule has 1 fully saturated rings. The third kappa shape index (κ3) is 7.54. The van der Waals surface area contributed by atoms with Gasteiger partial charge in [-0.3, -0.25) is 29.0 Å². The van der Waals surface area contributed by atoms with Gasteiger partial charge < -0.3 is 18.9 Å². The van der Waals surface area contributed by atoms with Gasteiger partial charge in [0.15, 0.2) is 0 Å². The van der Waals surface area contributed by atoms with Crippen molar-refractivity contribution in [3.05, 3.63) is 0 Å². The average Bonchev–Trinajstić information content (AvgIpc) is 3.40. The van der Waals surface area contributed by atoms with Crippen molar-refractivity contribution in [2.75, 3.05) is 54.6 Å². The number of carbonyl (C=O) groups is 4. The topological polar surface area (TPSA) is 112 Å². The molecular formula is C15H25ClN2O8. The van der Waals surface area contributed by atoms with E-state index in [4.69, 9.17) is 0 Å². The van der Waals surface area contributed by atoms with Gasteiger partial charge in [-0.2, -0.15) is 0 Å². The van der Waals surface area contributed by atoms with Crippen molar-refractivity contribution in [2.45, 2.75) is 18.5 Å². The second-order valence-electron chi connectivity index (χ2n) is 5.48.